The van der Waals surface area contributed by atoms with Crippen LogP contribution in [-0.2, 0) is 4.79 Å². The van der Waals surface area contributed by atoms with E-state index in [9.17, 15) is 14.7 Å². The van der Waals surface area contributed by atoms with Crippen LogP contribution in [-0.4, -0.2) is 39.1 Å². The van der Waals surface area contributed by atoms with Crippen LogP contribution in [0.2, 0.25) is 0 Å². The Morgan fingerprint density at radius 1 is 1.38 bits per heavy atom. The van der Waals surface area contributed by atoms with Crippen LogP contribution in [0.1, 0.15) is 33.6 Å². The maximum atomic E-state index is 11.4. The van der Waals surface area contributed by atoms with Gasteiger partial charge in [-0.1, -0.05) is 0 Å². The third-order valence-corrected chi connectivity index (χ3v) is 2.63. The zero-order chi connectivity index (χ0) is 12.5. The van der Waals surface area contributed by atoms with Crippen LogP contribution in [0.4, 0.5) is 4.79 Å². The van der Waals surface area contributed by atoms with Crippen molar-refractivity contribution in [3.05, 3.63) is 11.3 Å². The van der Waals surface area contributed by atoms with Gasteiger partial charge in [-0.3, -0.25) is 9.69 Å². The molecule has 0 heterocycles. The zero-order valence-electron chi connectivity index (χ0n) is 9.78. The smallest absolute Gasteiger partial charge is 0.408 e. The second-order valence-electron chi connectivity index (χ2n) is 4.89. The summed E-state index contributed by atoms with van der Waals surface area (Å²) < 4.78 is 0. The molecule has 0 fully saturated rings. The van der Waals surface area contributed by atoms with Gasteiger partial charge in [-0.25, -0.2) is 4.79 Å². The van der Waals surface area contributed by atoms with E-state index in [4.69, 9.17) is 5.11 Å². The van der Waals surface area contributed by atoms with Gasteiger partial charge < -0.3 is 10.2 Å². The Labute approximate surface area is 94.4 Å². The highest BCUT2D eigenvalue weighted by Crippen LogP contribution is 2.24. The summed E-state index contributed by atoms with van der Waals surface area (Å²) in [5.74, 6) is -0.131. The molecule has 1 rings (SSSR count). The highest BCUT2D eigenvalue weighted by molar-refractivity contribution is 5.99. The van der Waals surface area contributed by atoms with Gasteiger partial charge in [-0.2, -0.15) is 0 Å². The van der Waals surface area contributed by atoms with Crippen LogP contribution in [0.15, 0.2) is 11.3 Å². The molecule has 5 nitrogen and oxygen atoms in total. The first-order valence-corrected chi connectivity index (χ1v) is 5.18. The van der Waals surface area contributed by atoms with Crippen molar-refractivity contribution >= 4 is 11.9 Å². The number of hydrogen-bond acceptors (Lipinski definition) is 3. The molecule has 16 heavy (non-hydrogen) atoms. The molecule has 2 N–H and O–H groups in total. The maximum absolute atomic E-state index is 11.4. The number of nitrogens with zero attached hydrogens (tertiary/aromatic N) is 1. The van der Waals surface area contributed by atoms with E-state index in [1.807, 2.05) is 0 Å². The van der Waals surface area contributed by atoms with E-state index in [1.54, 1.807) is 20.8 Å². The molecule has 0 spiro atoms. The van der Waals surface area contributed by atoms with E-state index in [0.717, 1.165) is 4.90 Å². The fraction of sp³-hybridized carbons (Fsp3) is 0.636. The predicted octanol–water partition coefficient (Wildman–Crippen LogP) is 1.94. The molecule has 0 bridgehead atoms. The highest BCUT2D eigenvalue weighted by atomic mass is 16.4. The van der Waals surface area contributed by atoms with Gasteiger partial charge in [0, 0.05) is 18.4 Å². The lowest BCUT2D eigenvalue weighted by Crippen LogP contribution is -2.46. The first-order valence-electron chi connectivity index (χ1n) is 5.18. The lowest BCUT2D eigenvalue weighted by atomic mass is 10.0. The number of hydrogen-bond donors (Lipinski definition) is 2. The number of allylic oxidation sites excluding steroid dienone is 1. The summed E-state index contributed by atoms with van der Waals surface area (Å²) in [4.78, 5) is 23.6. The van der Waals surface area contributed by atoms with Crippen molar-refractivity contribution in [2.75, 3.05) is 6.54 Å². The Morgan fingerprint density at radius 3 is 2.25 bits per heavy atom. The Balaban J connectivity index is 2.89. The fourth-order valence-corrected chi connectivity index (χ4v) is 1.62. The Bertz CT molecular complexity index is 351. The lowest BCUT2D eigenvalue weighted by Gasteiger charge is -2.33. The van der Waals surface area contributed by atoms with E-state index in [-0.39, 0.29) is 30.1 Å². The van der Waals surface area contributed by atoms with E-state index < -0.39 is 11.6 Å². The SMILES string of the molecule is CC(C)(C)N(CC1=C(O)CCC1=O)C(=O)O. The molecule has 0 atom stereocenters. The average Bonchev–Trinajstić information content (AvgIpc) is 2.40. The molecule has 0 aromatic carbocycles. The maximum Gasteiger partial charge on any atom is 0.408 e. The fourth-order valence-electron chi connectivity index (χ4n) is 1.62. The minimum atomic E-state index is -1.09. The van der Waals surface area contributed by atoms with E-state index in [1.165, 1.54) is 0 Å². The standard InChI is InChI=1S/C11H17NO4/c1-11(2,3)12(10(15)16)6-7-8(13)4-5-9(7)14/h13H,4-6H2,1-3H3,(H,15,16). The van der Waals surface area contributed by atoms with Gasteiger partial charge >= 0.3 is 6.09 Å². The number of rotatable bonds is 2. The number of carbonyl (C=O) groups is 2. The van der Waals surface area contributed by atoms with Crippen molar-refractivity contribution < 1.29 is 19.8 Å². The molecule has 0 radical (unpaired) electrons. The number of amides is 1. The summed E-state index contributed by atoms with van der Waals surface area (Å²) >= 11 is 0. The second kappa shape index (κ2) is 4.15. The van der Waals surface area contributed by atoms with E-state index in [2.05, 4.69) is 0 Å². The van der Waals surface area contributed by atoms with Gasteiger partial charge in [0.2, 0.25) is 0 Å². The van der Waals surface area contributed by atoms with Gasteiger partial charge in [-0.05, 0) is 20.8 Å². The number of carboxylic acid groups (broad SMARTS) is 1. The van der Waals surface area contributed by atoms with Crippen molar-refractivity contribution in [3.63, 3.8) is 0 Å². The van der Waals surface area contributed by atoms with Crippen LogP contribution in [0.25, 0.3) is 0 Å². The second-order valence-corrected chi connectivity index (χ2v) is 4.89. The van der Waals surface area contributed by atoms with Crippen LogP contribution in [0.5, 0.6) is 0 Å². The van der Waals surface area contributed by atoms with Crippen molar-refractivity contribution in [2.24, 2.45) is 0 Å². The molecule has 1 amide bonds. The van der Waals surface area contributed by atoms with Crippen LogP contribution < -0.4 is 0 Å². The summed E-state index contributed by atoms with van der Waals surface area (Å²) in [5.41, 5.74) is -0.362. The van der Waals surface area contributed by atoms with Gasteiger partial charge in [0.15, 0.2) is 5.78 Å². The molecule has 90 valence electrons. The zero-order valence-corrected chi connectivity index (χ0v) is 9.78. The predicted molar refractivity (Wildman–Crippen MR) is 58.4 cm³/mol. The number of aliphatic hydroxyl groups is 1. The number of carbonyl (C=O) groups excluding carboxylic acids is 1. The van der Waals surface area contributed by atoms with Gasteiger partial charge in [0.1, 0.15) is 5.76 Å². The number of ketones is 1. The summed E-state index contributed by atoms with van der Waals surface area (Å²) in [6.07, 6.45) is -0.489. The van der Waals surface area contributed by atoms with Crippen molar-refractivity contribution in [2.45, 2.75) is 39.2 Å². The molecule has 0 aromatic rings. The third kappa shape index (κ3) is 2.53. The third-order valence-electron chi connectivity index (χ3n) is 2.63. The van der Waals surface area contributed by atoms with E-state index >= 15 is 0 Å². The molecule has 1 aliphatic rings. The van der Waals surface area contributed by atoms with Gasteiger partial charge in [-0.15, -0.1) is 0 Å². The molecular formula is C11H17NO4. The molecule has 0 saturated carbocycles. The summed E-state index contributed by atoms with van der Waals surface area (Å²) in [6.45, 7) is 5.21. The topological polar surface area (TPSA) is 77.8 Å². The summed E-state index contributed by atoms with van der Waals surface area (Å²) in [5, 5.41) is 18.5. The van der Waals surface area contributed by atoms with Crippen molar-refractivity contribution in [1.29, 1.82) is 0 Å². The molecule has 0 unspecified atom stereocenters. The molecule has 5 heteroatoms. The Hall–Kier alpha value is -1.52. The Kier molecular flexibility index (Phi) is 3.26. The first-order chi connectivity index (χ1) is 7.23. The van der Waals surface area contributed by atoms with E-state index in [0.29, 0.717) is 6.42 Å². The van der Waals surface area contributed by atoms with Crippen molar-refractivity contribution in [1.82, 2.24) is 4.90 Å². The number of aliphatic hydroxyl groups excluding tert-OH is 1. The normalized spacial score (nSPS) is 16.8. The molecule has 0 aromatic heterocycles. The average molecular weight is 227 g/mol. The summed E-state index contributed by atoms with van der Waals surface area (Å²) in [6, 6.07) is 0. The molecular weight excluding hydrogens is 210 g/mol. The molecule has 0 aliphatic heterocycles. The quantitative estimate of drug-likeness (QED) is 0.755. The number of Topliss-reactive ketones (excluding diaryl/α,β-unsaturated/α-hetero) is 1. The molecule has 0 saturated heterocycles. The van der Waals surface area contributed by atoms with Gasteiger partial charge in [0.05, 0.1) is 12.1 Å². The lowest BCUT2D eigenvalue weighted by molar-refractivity contribution is -0.115. The van der Waals surface area contributed by atoms with Gasteiger partial charge in [0.25, 0.3) is 0 Å². The summed E-state index contributed by atoms with van der Waals surface area (Å²) in [7, 11) is 0. The largest absolute Gasteiger partial charge is 0.512 e. The van der Waals surface area contributed by atoms with Crippen LogP contribution in [0, 0.1) is 0 Å². The van der Waals surface area contributed by atoms with Crippen molar-refractivity contribution in [3.8, 4) is 0 Å². The highest BCUT2D eigenvalue weighted by Gasteiger charge is 2.31. The minimum Gasteiger partial charge on any atom is -0.512 e. The van der Waals surface area contributed by atoms with Crippen LogP contribution in [0.3, 0.4) is 0 Å². The monoisotopic (exact) mass is 227 g/mol. The van der Waals surface area contributed by atoms with Crippen LogP contribution >= 0.6 is 0 Å². The first kappa shape index (κ1) is 12.5. The molecule has 1 aliphatic carbocycles. The minimum absolute atomic E-state index is 0.0282. The Morgan fingerprint density at radius 2 is 1.94 bits per heavy atom.